The summed E-state index contributed by atoms with van der Waals surface area (Å²) < 4.78 is 25.3. The first-order chi connectivity index (χ1) is 14.4. The molecule has 0 aliphatic carbocycles. The summed E-state index contributed by atoms with van der Waals surface area (Å²) in [6.07, 6.45) is 0. The van der Waals surface area contributed by atoms with Crippen LogP contribution in [0.2, 0.25) is 5.02 Å². The van der Waals surface area contributed by atoms with Crippen LogP contribution in [0.5, 0.6) is 11.5 Å². The quantitative estimate of drug-likeness (QED) is 0.394. The van der Waals surface area contributed by atoms with Crippen LogP contribution in [0.4, 0.5) is 10.1 Å². The Morgan fingerprint density at radius 1 is 1.10 bits per heavy atom. The lowest BCUT2D eigenvalue weighted by atomic mass is 10.1. The van der Waals surface area contributed by atoms with E-state index in [1.165, 1.54) is 31.4 Å². The predicted molar refractivity (Wildman–Crippen MR) is 117 cm³/mol. The number of carboxylic acids is 1. The van der Waals surface area contributed by atoms with Crippen molar-refractivity contribution in [3.8, 4) is 11.5 Å². The van der Waals surface area contributed by atoms with Crippen molar-refractivity contribution in [2.24, 2.45) is 0 Å². The number of hydrogen-bond donors (Lipinski definition) is 2. The highest BCUT2D eigenvalue weighted by Crippen LogP contribution is 2.30. The highest BCUT2D eigenvalue weighted by molar-refractivity contribution is 9.10. The second-order valence-corrected chi connectivity index (χ2v) is 7.67. The molecule has 0 bridgehead atoms. The van der Waals surface area contributed by atoms with Gasteiger partial charge in [0.25, 0.3) is 0 Å². The summed E-state index contributed by atoms with van der Waals surface area (Å²) in [7, 11) is 1.51. The number of anilines is 1. The maximum absolute atomic E-state index is 13.2. The zero-order chi connectivity index (χ0) is 21.7. The van der Waals surface area contributed by atoms with Gasteiger partial charge < -0.3 is 19.9 Å². The molecule has 0 spiro atoms. The minimum Gasteiger partial charge on any atom is -0.495 e. The summed E-state index contributed by atoms with van der Waals surface area (Å²) in [5.41, 5.74) is 2.18. The normalized spacial score (nSPS) is 10.5. The SMILES string of the molecule is COc1ccc(C(=O)O)cc1NCc1cc(Br)ccc1OCc1ccc(F)cc1Cl. The molecule has 0 aliphatic rings. The minimum absolute atomic E-state index is 0.148. The number of halogens is 3. The molecule has 5 nitrogen and oxygen atoms in total. The highest BCUT2D eigenvalue weighted by Gasteiger charge is 2.12. The Morgan fingerprint density at radius 2 is 1.87 bits per heavy atom. The van der Waals surface area contributed by atoms with Crippen LogP contribution in [0.15, 0.2) is 59.1 Å². The molecular formula is C22H18BrClFNO4. The van der Waals surface area contributed by atoms with Crippen molar-refractivity contribution in [3.05, 3.63) is 86.6 Å². The van der Waals surface area contributed by atoms with E-state index in [9.17, 15) is 14.3 Å². The van der Waals surface area contributed by atoms with Gasteiger partial charge >= 0.3 is 5.97 Å². The Bertz CT molecular complexity index is 1080. The lowest BCUT2D eigenvalue weighted by molar-refractivity contribution is 0.0697. The van der Waals surface area contributed by atoms with Gasteiger partial charge in [0.05, 0.1) is 23.4 Å². The smallest absolute Gasteiger partial charge is 0.335 e. The van der Waals surface area contributed by atoms with Crippen LogP contribution in [0, 0.1) is 5.82 Å². The van der Waals surface area contributed by atoms with Crippen LogP contribution >= 0.6 is 27.5 Å². The van der Waals surface area contributed by atoms with E-state index in [4.69, 9.17) is 21.1 Å². The van der Waals surface area contributed by atoms with Crippen molar-refractivity contribution in [1.29, 1.82) is 0 Å². The molecule has 0 unspecified atom stereocenters. The van der Waals surface area contributed by atoms with E-state index in [0.29, 0.717) is 34.3 Å². The Hall–Kier alpha value is -2.77. The molecule has 8 heteroatoms. The Balaban J connectivity index is 1.79. The summed E-state index contributed by atoms with van der Waals surface area (Å²) in [5, 5.41) is 12.7. The van der Waals surface area contributed by atoms with Crippen LogP contribution in [0.1, 0.15) is 21.5 Å². The molecular weight excluding hydrogens is 477 g/mol. The van der Waals surface area contributed by atoms with E-state index in [1.54, 1.807) is 12.1 Å². The fourth-order valence-corrected chi connectivity index (χ4v) is 3.42. The van der Waals surface area contributed by atoms with Crippen LogP contribution in [-0.2, 0) is 13.2 Å². The van der Waals surface area contributed by atoms with E-state index < -0.39 is 11.8 Å². The highest BCUT2D eigenvalue weighted by atomic mass is 79.9. The molecule has 3 rings (SSSR count). The molecule has 0 heterocycles. The average molecular weight is 495 g/mol. The van der Waals surface area contributed by atoms with E-state index >= 15 is 0 Å². The topological polar surface area (TPSA) is 67.8 Å². The molecule has 0 saturated carbocycles. The fourth-order valence-electron chi connectivity index (χ4n) is 2.79. The maximum atomic E-state index is 13.2. The molecule has 30 heavy (non-hydrogen) atoms. The van der Waals surface area contributed by atoms with Crippen molar-refractivity contribution in [2.45, 2.75) is 13.2 Å². The monoisotopic (exact) mass is 493 g/mol. The molecule has 3 aromatic rings. The van der Waals surface area contributed by atoms with Crippen LogP contribution in [0.25, 0.3) is 0 Å². The molecule has 0 fully saturated rings. The van der Waals surface area contributed by atoms with Crippen LogP contribution < -0.4 is 14.8 Å². The summed E-state index contributed by atoms with van der Waals surface area (Å²) in [6.45, 7) is 0.525. The summed E-state index contributed by atoms with van der Waals surface area (Å²) >= 11 is 9.52. The van der Waals surface area contributed by atoms with Gasteiger partial charge in [-0.25, -0.2) is 9.18 Å². The Morgan fingerprint density at radius 3 is 2.57 bits per heavy atom. The van der Waals surface area contributed by atoms with E-state index in [-0.39, 0.29) is 12.2 Å². The zero-order valence-corrected chi connectivity index (χ0v) is 18.3. The van der Waals surface area contributed by atoms with Crippen molar-refractivity contribution < 1.29 is 23.8 Å². The first-order valence-corrected chi connectivity index (χ1v) is 10.0. The minimum atomic E-state index is -1.02. The number of ether oxygens (including phenoxy) is 2. The molecule has 3 aromatic carbocycles. The molecule has 0 saturated heterocycles. The summed E-state index contributed by atoms with van der Waals surface area (Å²) in [4.78, 5) is 11.3. The molecule has 0 aromatic heterocycles. The third-order valence-corrected chi connectivity index (χ3v) is 5.18. The number of rotatable bonds is 8. The number of carboxylic acid groups (broad SMARTS) is 1. The van der Waals surface area contributed by atoms with Gasteiger partial charge in [-0.15, -0.1) is 0 Å². The van der Waals surface area contributed by atoms with Gasteiger partial charge in [-0.05, 0) is 48.5 Å². The first kappa shape index (κ1) is 21.9. The largest absolute Gasteiger partial charge is 0.495 e. The maximum Gasteiger partial charge on any atom is 0.335 e. The number of hydrogen-bond acceptors (Lipinski definition) is 4. The second-order valence-electron chi connectivity index (χ2n) is 6.35. The van der Waals surface area contributed by atoms with Gasteiger partial charge in [0.15, 0.2) is 0 Å². The fraction of sp³-hybridized carbons (Fsp3) is 0.136. The van der Waals surface area contributed by atoms with Gasteiger partial charge in [-0.2, -0.15) is 0 Å². The molecule has 2 N–H and O–H groups in total. The van der Waals surface area contributed by atoms with Gasteiger partial charge in [-0.3, -0.25) is 0 Å². The first-order valence-electron chi connectivity index (χ1n) is 8.87. The number of methoxy groups -OCH3 is 1. The van der Waals surface area contributed by atoms with Gasteiger partial charge in [0, 0.05) is 22.1 Å². The molecule has 0 amide bonds. The number of carbonyl (C=O) groups is 1. The van der Waals surface area contributed by atoms with E-state index in [1.807, 2.05) is 18.2 Å². The van der Waals surface area contributed by atoms with Crippen molar-refractivity contribution in [3.63, 3.8) is 0 Å². The number of nitrogens with one attached hydrogen (secondary N) is 1. The summed E-state index contributed by atoms with van der Waals surface area (Å²) in [5.74, 6) is -0.298. The van der Waals surface area contributed by atoms with Crippen LogP contribution in [-0.4, -0.2) is 18.2 Å². The molecule has 156 valence electrons. The second kappa shape index (κ2) is 9.82. The van der Waals surface area contributed by atoms with Crippen molar-refractivity contribution >= 4 is 39.2 Å². The van der Waals surface area contributed by atoms with E-state index in [2.05, 4.69) is 21.2 Å². The molecule has 0 atom stereocenters. The predicted octanol–water partition coefficient (Wildman–Crippen LogP) is 6.14. The average Bonchev–Trinajstić information content (AvgIpc) is 2.72. The number of benzene rings is 3. The Labute approximate surface area is 186 Å². The summed E-state index contributed by atoms with van der Waals surface area (Å²) in [6, 6.07) is 14.3. The third kappa shape index (κ3) is 5.43. The standard InChI is InChI=1S/C22H18BrClFNO4/c1-29-21-6-3-13(22(27)28)9-19(21)26-11-15-8-16(23)4-7-20(15)30-12-14-2-5-17(25)10-18(14)24/h2-10,26H,11-12H2,1H3,(H,27,28). The van der Waals surface area contributed by atoms with Crippen molar-refractivity contribution in [1.82, 2.24) is 0 Å². The van der Waals surface area contributed by atoms with Crippen LogP contribution in [0.3, 0.4) is 0 Å². The lowest BCUT2D eigenvalue weighted by Gasteiger charge is -2.16. The van der Waals surface area contributed by atoms with E-state index in [0.717, 1.165) is 10.0 Å². The molecule has 0 radical (unpaired) electrons. The Kier molecular flexibility index (Phi) is 7.18. The zero-order valence-electron chi connectivity index (χ0n) is 15.9. The van der Waals surface area contributed by atoms with Gasteiger partial charge in [-0.1, -0.05) is 33.6 Å². The molecule has 0 aliphatic heterocycles. The van der Waals surface area contributed by atoms with Gasteiger partial charge in [0.1, 0.15) is 23.9 Å². The third-order valence-electron chi connectivity index (χ3n) is 4.34. The lowest BCUT2D eigenvalue weighted by Crippen LogP contribution is -2.06. The van der Waals surface area contributed by atoms with Crippen molar-refractivity contribution in [2.75, 3.05) is 12.4 Å². The number of aromatic carboxylic acids is 1. The van der Waals surface area contributed by atoms with Gasteiger partial charge in [0.2, 0.25) is 0 Å².